The summed E-state index contributed by atoms with van der Waals surface area (Å²) >= 11 is 0. The van der Waals surface area contributed by atoms with Crippen LogP contribution in [0.15, 0.2) is 72.8 Å². The van der Waals surface area contributed by atoms with Crippen molar-refractivity contribution in [1.29, 1.82) is 0 Å². The average molecular weight is 318 g/mol. The van der Waals surface area contributed by atoms with Crippen molar-refractivity contribution in [2.24, 2.45) is 0 Å². The van der Waals surface area contributed by atoms with E-state index < -0.39 is 11.6 Å². The van der Waals surface area contributed by atoms with Crippen LogP contribution in [0.5, 0.6) is 0 Å². The van der Waals surface area contributed by atoms with Gasteiger partial charge in [-0.3, -0.25) is 0 Å². The Labute approximate surface area is 140 Å². The van der Waals surface area contributed by atoms with Gasteiger partial charge >= 0.3 is 0 Å². The lowest BCUT2D eigenvalue weighted by atomic mass is 10.1. The highest BCUT2D eigenvalue weighted by Crippen LogP contribution is 2.19. The van der Waals surface area contributed by atoms with Crippen LogP contribution in [-0.4, -0.2) is 0 Å². The number of halogens is 2. The lowest BCUT2D eigenvalue weighted by Crippen LogP contribution is -1.89. The second-order valence-corrected chi connectivity index (χ2v) is 5.38. The number of benzene rings is 3. The van der Waals surface area contributed by atoms with Crippen molar-refractivity contribution in [3.05, 3.63) is 107 Å². The highest BCUT2D eigenvalue weighted by Gasteiger charge is 2.06. The topological polar surface area (TPSA) is 0 Å². The van der Waals surface area contributed by atoms with Gasteiger partial charge in [-0.15, -0.1) is 0 Å². The molecule has 0 nitrogen and oxygen atoms in total. The Bertz CT molecular complexity index is 788. The SMILES string of the molecule is Fc1cc(C=Cc2ccccc2)c(F)cc1C=Cc1ccccc1. The Morgan fingerprint density at radius 1 is 0.500 bits per heavy atom. The Balaban J connectivity index is 1.83. The minimum absolute atomic E-state index is 0.230. The Morgan fingerprint density at radius 2 is 0.875 bits per heavy atom. The molecule has 0 aromatic heterocycles. The monoisotopic (exact) mass is 318 g/mol. The molecule has 0 fully saturated rings. The molecule has 0 saturated carbocycles. The van der Waals surface area contributed by atoms with Crippen molar-refractivity contribution >= 4 is 24.3 Å². The first-order chi connectivity index (χ1) is 11.7. The van der Waals surface area contributed by atoms with E-state index in [1.165, 1.54) is 12.1 Å². The van der Waals surface area contributed by atoms with E-state index in [1.54, 1.807) is 24.3 Å². The summed E-state index contributed by atoms with van der Waals surface area (Å²) in [7, 11) is 0. The molecule has 0 amide bonds. The standard InChI is InChI=1S/C22H16F2/c23-21-16-20(14-12-18-9-5-2-6-10-18)22(24)15-19(21)13-11-17-7-3-1-4-8-17/h1-16H. The fraction of sp³-hybridized carbons (Fsp3) is 0. The van der Waals surface area contributed by atoms with Crippen LogP contribution in [-0.2, 0) is 0 Å². The van der Waals surface area contributed by atoms with Crippen LogP contribution >= 0.6 is 0 Å². The van der Waals surface area contributed by atoms with Gasteiger partial charge in [0.15, 0.2) is 0 Å². The Hall–Kier alpha value is -3.00. The second kappa shape index (κ2) is 7.51. The summed E-state index contributed by atoms with van der Waals surface area (Å²) in [5, 5.41) is 0. The maximum Gasteiger partial charge on any atom is 0.131 e. The van der Waals surface area contributed by atoms with E-state index >= 15 is 0 Å². The van der Waals surface area contributed by atoms with E-state index in [2.05, 4.69) is 0 Å². The zero-order valence-corrected chi connectivity index (χ0v) is 13.0. The second-order valence-electron chi connectivity index (χ2n) is 5.38. The van der Waals surface area contributed by atoms with Gasteiger partial charge < -0.3 is 0 Å². The van der Waals surface area contributed by atoms with E-state index in [0.717, 1.165) is 11.1 Å². The van der Waals surface area contributed by atoms with E-state index in [-0.39, 0.29) is 11.1 Å². The van der Waals surface area contributed by atoms with Gasteiger partial charge in [-0.1, -0.05) is 85.0 Å². The highest BCUT2D eigenvalue weighted by atomic mass is 19.1. The summed E-state index contributed by atoms with van der Waals surface area (Å²) < 4.78 is 28.4. The van der Waals surface area contributed by atoms with E-state index in [0.29, 0.717) is 0 Å². The first-order valence-electron chi connectivity index (χ1n) is 7.68. The van der Waals surface area contributed by atoms with Crippen LogP contribution in [0.25, 0.3) is 24.3 Å². The fourth-order valence-corrected chi connectivity index (χ4v) is 2.33. The molecule has 0 saturated heterocycles. The minimum atomic E-state index is -0.448. The number of hydrogen-bond donors (Lipinski definition) is 0. The molecular formula is C22H16F2. The molecule has 0 unspecified atom stereocenters. The van der Waals surface area contributed by atoms with Crippen LogP contribution in [0.4, 0.5) is 8.78 Å². The molecule has 0 aliphatic heterocycles. The maximum atomic E-state index is 14.2. The van der Waals surface area contributed by atoms with Crippen molar-refractivity contribution in [1.82, 2.24) is 0 Å². The first kappa shape index (κ1) is 15.9. The minimum Gasteiger partial charge on any atom is -0.206 e. The first-order valence-corrected chi connectivity index (χ1v) is 7.68. The summed E-state index contributed by atoms with van der Waals surface area (Å²) in [6.45, 7) is 0. The molecular weight excluding hydrogens is 302 g/mol. The molecule has 118 valence electrons. The van der Waals surface area contributed by atoms with Gasteiger partial charge in [0.05, 0.1) is 0 Å². The molecule has 0 bridgehead atoms. The van der Waals surface area contributed by atoms with Crippen molar-refractivity contribution in [2.45, 2.75) is 0 Å². The van der Waals surface area contributed by atoms with E-state index in [9.17, 15) is 8.78 Å². The molecule has 0 spiro atoms. The van der Waals surface area contributed by atoms with Gasteiger partial charge in [0, 0.05) is 11.1 Å². The molecule has 3 aromatic carbocycles. The Morgan fingerprint density at radius 3 is 1.25 bits per heavy atom. The molecule has 0 radical (unpaired) electrons. The van der Waals surface area contributed by atoms with Gasteiger partial charge in [0.2, 0.25) is 0 Å². The van der Waals surface area contributed by atoms with Crippen molar-refractivity contribution in [3.8, 4) is 0 Å². The quantitative estimate of drug-likeness (QED) is 0.495. The van der Waals surface area contributed by atoms with E-state index in [4.69, 9.17) is 0 Å². The largest absolute Gasteiger partial charge is 0.206 e. The summed E-state index contributed by atoms with van der Waals surface area (Å²) in [6, 6.07) is 21.5. The Kier molecular flexibility index (Phi) is 4.97. The van der Waals surface area contributed by atoms with Crippen LogP contribution < -0.4 is 0 Å². The summed E-state index contributed by atoms with van der Waals surface area (Å²) in [4.78, 5) is 0. The summed E-state index contributed by atoms with van der Waals surface area (Å²) in [6.07, 6.45) is 6.69. The fourth-order valence-electron chi connectivity index (χ4n) is 2.33. The lowest BCUT2D eigenvalue weighted by Gasteiger charge is -2.02. The third kappa shape index (κ3) is 4.05. The third-order valence-corrected chi connectivity index (χ3v) is 3.63. The summed E-state index contributed by atoms with van der Waals surface area (Å²) in [5.41, 5.74) is 2.33. The van der Waals surface area contributed by atoms with Crippen LogP contribution in [0, 0.1) is 11.6 Å². The van der Waals surface area contributed by atoms with E-state index in [1.807, 2.05) is 60.7 Å². The predicted molar refractivity (Wildman–Crippen MR) is 97.1 cm³/mol. The van der Waals surface area contributed by atoms with Gasteiger partial charge in [-0.05, 0) is 23.3 Å². The molecule has 2 heteroatoms. The zero-order valence-electron chi connectivity index (χ0n) is 13.0. The lowest BCUT2D eigenvalue weighted by molar-refractivity contribution is 0.596. The van der Waals surface area contributed by atoms with Crippen LogP contribution in [0.1, 0.15) is 22.3 Å². The van der Waals surface area contributed by atoms with Gasteiger partial charge in [0.1, 0.15) is 11.6 Å². The molecule has 3 rings (SSSR count). The normalized spacial score (nSPS) is 11.4. The smallest absolute Gasteiger partial charge is 0.131 e. The molecule has 0 aliphatic carbocycles. The number of hydrogen-bond acceptors (Lipinski definition) is 0. The van der Waals surface area contributed by atoms with Crippen molar-refractivity contribution < 1.29 is 8.78 Å². The molecule has 0 heterocycles. The van der Waals surface area contributed by atoms with Crippen molar-refractivity contribution in [2.75, 3.05) is 0 Å². The molecule has 0 aliphatic rings. The molecule has 0 atom stereocenters. The average Bonchev–Trinajstić information content (AvgIpc) is 2.62. The van der Waals surface area contributed by atoms with Gasteiger partial charge in [-0.25, -0.2) is 8.78 Å². The van der Waals surface area contributed by atoms with Crippen molar-refractivity contribution in [3.63, 3.8) is 0 Å². The molecule has 24 heavy (non-hydrogen) atoms. The third-order valence-electron chi connectivity index (χ3n) is 3.63. The zero-order chi connectivity index (χ0) is 16.8. The van der Waals surface area contributed by atoms with Gasteiger partial charge in [-0.2, -0.15) is 0 Å². The molecule has 0 N–H and O–H groups in total. The summed E-state index contributed by atoms with van der Waals surface area (Å²) in [5.74, 6) is -0.896. The molecule has 3 aromatic rings. The predicted octanol–water partition coefficient (Wildman–Crippen LogP) is 6.31. The maximum absolute atomic E-state index is 14.2. The van der Waals surface area contributed by atoms with Crippen LogP contribution in [0.3, 0.4) is 0 Å². The highest BCUT2D eigenvalue weighted by molar-refractivity contribution is 5.73. The van der Waals surface area contributed by atoms with Crippen LogP contribution in [0.2, 0.25) is 0 Å². The van der Waals surface area contributed by atoms with Gasteiger partial charge in [0.25, 0.3) is 0 Å². The number of rotatable bonds is 4.